The first kappa shape index (κ1) is 15.4. The van der Waals surface area contributed by atoms with Crippen LogP contribution in [0.25, 0.3) is 0 Å². The second-order valence-electron chi connectivity index (χ2n) is 4.89. The summed E-state index contributed by atoms with van der Waals surface area (Å²) in [6, 6.07) is 4.29. The van der Waals surface area contributed by atoms with Crippen LogP contribution >= 0.6 is 15.9 Å². The van der Waals surface area contributed by atoms with Crippen LogP contribution in [0.5, 0.6) is 0 Å². The van der Waals surface area contributed by atoms with Gasteiger partial charge in [0.05, 0.1) is 12.2 Å². The highest BCUT2D eigenvalue weighted by Gasteiger charge is 2.23. The molecule has 1 aliphatic heterocycles. The van der Waals surface area contributed by atoms with E-state index in [0.717, 1.165) is 19.4 Å². The quantitative estimate of drug-likeness (QED) is 0.855. The summed E-state index contributed by atoms with van der Waals surface area (Å²) in [6.07, 6.45) is 2.11. The molecule has 1 heterocycles. The van der Waals surface area contributed by atoms with Gasteiger partial charge < -0.3 is 15.3 Å². The Hall–Kier alpha value is -0.980. The number of carbonyl (C=O) groups excluding carboxylic acids is 1. The SMILES string of the molecule is O=C(c1cc(F)ccc1Br)N(CCO)CC1CCCN1. The molecule has 4 nitrogen and oxygen atoms in total. The minimum atomic E-state index is -0.445. The van der Waals surface area contributed by atoms with Crippen LogP contribution in [0.15, 0.2) is 22.7 Å². The minimum absolute atomic E-state index is 0.106. The zero-order valence-corrected chi connectivity index (χ0v) is 12.7. The van der Waals surface area contributed by atoms with Crippen molar-refractivity contribution in [1.82, 2.24) is 10.2 Å². The highest BCUT2D eigenvalue weighted by atomic mass is 79.9. The van der Waals surface area contributed by atoms with E-state index in [2.05, 4.69) is 21.2 Å². The van der Waals surface area contributed by atoms with Crippen molar-refractivity contribution in [3.63, 3.8) is 0 Å². The lowest BCUT2D eigenvalue weighted by molar-refractivity contribution is 0.0705. The maximum Gasteiger partial charge on any atom is 0.255 e. The Morgan fingerprint density at radius 1 is 1.55 bits per heavy atom. The predicted molar refractivity (Wildman–Crippen MR) is 78.1 cm³/mol. The number of rotatable bonds is 5. The van der Waals surface area contributed by atoms with E-state index in [-0.39, 0.29) is 30.7 Å². The lowest BCUT2D eigenvalue weighted by Gasteiger charge is -2.25. The molecule has 2 N–H and O–H groups in total. The van der Waals surface area contributed by atoms with E-state index < -0.39 is 5.82 Å². The first-order chi connectivity index (χ1) is 9.61. The molecular weight excluding hydrogens is 327 g/mol. The molecule has 1 unspecified atom stereocenters. The van der Waals surface area contributed by atoms with E-state index >= 15 is 0 Å². The number of nitrogens with zero attached hydrogens (tertiary/aromatic N) is 1. The number of aliphatic hydroxyl groups is 1. The van der Waals surface area contributed by atoms with Gasteiger partial charge in [-0.25, -0.2) is 4.39 Å². The fraction of sp³-hybridized carbons (Fsp3) is 0.500. The average Bonchev–Trinajstić information content (AvgIpc) is 2.93. The Balaban J connectivity index is 2.14. The Labute approximate surface area is 126 Å². The number of carbonyl (C=O) groups is 1. The lowest BCUT2D eigenvalue weighted by Crippen LogP contribution is -2.42. The fourth-order valence-corrected chi connectivity index (χ4v) is 2.82. The van der Waals surface area contributed by atoms with Crippen LogP contribution in [0.4, 0.5) is 4.39 Å². The van der Waals surface area contributed by atoms with Crippen molar-refractivity contribution in [3.05, 3.63) is 34.1 Å². The van der Waals surface area contributed by atoms with Crippen LogP contribution in [0.3, 0.4) is 0 Å². The molecule has 1 aliphatic rings. The summed E-state index contributed by atoms with van der Waals surface area (Å²) in [5.74, 6) is -0.710. The van der Waals surface area contributed by atoms with Crippen LogP contribution in [0.1, 0.15) is 23.2 Å². The van der Waals surface area contributed by atoms with Crippen molar-refractivity contribution >= 4 is 21.8 Å². The number of nitrogens with one attached hydrogen (secondary N) is 1. The molecular formula is C14H18BrFN2O2. The van der Waals surface area contributed by atoms with Gasteiger partial charge in [0, 0.05) is 23.6 Å². The average molecular weight is 345 g/mol. The summed E-state index contributed by atoms with van der Waals surface area (Å²) in [5.41, 5.74) is 0.288. The molecule has 6 heteroatoms. The summed E-state index contributed by atoms with van der Waals surface area (Å²) in [4.78, 5) is 14.1. The second-order valence-corrected chi connectivity index (χ2v) is 5.75. The minimum Gasteiger partial charge on any atom is -0.395 e. The molecule has 1 amide bonds. The van der Waals surface area contributed by atoms with E-state index in [1.807, 2.05) is 0 Å². The fourth-order valence-electron chi connectivity index (χ4n) is 2.41. The number of halogens is 2. The van der Waals surface area contributed by atoms with E-state index in [9.17, 15) is 9.18 Å². The molecule has 0 aliphatic carbocycles. The topological polar surface area (TPSA) is 52.6 Å². The van der Waals surface area contributed by atoms with Gasteiger partial charge in [-0.1, -0.05) is 0 Å². The van der Waals surface area contributed by atoms with E-state index in [1.54, 1.807) is 4.90 Å². The monoisotopic (exact) mass is 344 g/mol. The largest absolute Gasteiger partial charge is 0.395 e. The lowest BCUT2D eigenvalue weighted by atomic mass is 10.1. The Kier molecular flexibility index (Phi) is 5.51. The van der Waals surface area contributed by atoms with E-state index in [1.165, 1.54) is 18.2 Å². The van der Waals surface area contributed by atoms with E-state index in [4.69, 9.17) is 5.11 Å². The number of hydrogen-bond donors (Lipinski definition) is 2. The van der Waals surface area contributed by atoms with Gasteiger partial charge in [0.1, 0.15) is 5.82 Å². The summed E-state index contributed by atoms with van der Waals surface area (Å²) < 4.78 is 13.9. The van der Waals surface area contributed by atoms with Gasteiger partial charge in [0.25, 0.3) is 5.91 Å². The third-order valence-corrected chi connectivity index (χ3v) is 4.11. The number of hydrogen-bond acceptors (Lipinski definition) is 3. The van der Waals surface area contributed by atoms with Gasteiger partial charge in [0.15, 0.2) is 0 Å². The molecule has 1 fully saturated rings. The molecule has 1 atom stereocenters. The summed E-state index contributed by atoms with van der Waals surface area (Å²) in [7, 11) is 0. The van der Waals surface area contributed by atoms with Crippen LogP contribution in [0.2, 0.25) is 0 Å². The van der Waals surface area contributed by atoms with Gasteiger partial charge in [-0.05, 0) is 53.5 Å². The van der Waals surface area contributed by atoms with Crippen molar-refractivity contribution in [2.24, 2.45) is 0 Å². The first-order valence-electron chi connectivity index (χ1n) is 6.70. The highest BCUT2D eigenvalue weighted by Crippen LogP contribution is 2.20. The van der Waals surface area contributed by atoms with Crippen molar-refractivity contribution in [2.45, 2.75) is 18.9 Å². The maximum absolute atomic E-state index is 13.3. The molecule has 0 spiro atoms. The first-order valence-corrected chi connectivity index (χ1v) is 7.49. The Bertz CT molecular complexity index is 478. The molecule has 0 bridgehead atoms. The summed E-state index contributed by atoms with van der Waals surface area (Å²) in [6.45, 7) is 1.63. The van der Waals surface area contributed by atoms with Crippen molar-refractivity contribution < 1.29 is 14.3 Å². The number of benzene rings is 1. The molecule has 20 heavy (non-hydrogen) atoms. The van der Waals surface area contributed by atoms with Crippen LogP contribution in [0, 0.1) is 5.82 Å². The normalized spacial score (nSPS) is 18.2. The summed E-state index contributed by atoms with van der Waals surface area (Å²) >= 11 is 3.27. The van der Waals surface area contributed by atoms with Crippen molar-refractivity contribution in [3.8, 4) is 0 Å². The third kappa shape index (κ3) is 3.77. The third-order valence-electron chi connectivity index (χ3n) is 3.42. The Morgan fingerprint density at radius 3 is 3.00 bits per heavy atom. The number of amides is 1. The zero-order chi connectivity index (χ0) is 14.5. The smallest absolute Gasteiger partial charge is 0.255 e. The number of aliphatic hydroxyl groups excluding tert-OH is 1. The molecule has 0 saturated carbocycles. The summed E-state index contributed by atoms with van der Waals surface area (Å²) in [5, 5.41) is 12.4. The molecule has 1 aromatic carbocycles. The maximum atomic E-state index is 13.3. The predicted octanol–water partition coefficient (Wildman–Crippen LogP) is 1.77. The van der Waals surface area contributed by atoms with Crippen LogP contribution in [-0.2, 0) is 0 Å². The van der Waals surface area contributed by atoms with Crippen LogP contribution < -0.4 is 5.32 Å². The van der Waals surface area contributed by atoms with Gasteiger partial charge in [-0.2, -0.15) is 0 Å². The van der Waals surface area contributed by atoms with Gasteiger partial charge in [-0.3, -0.25) is 4.79 Å². The molecule has 2 rings (SSSR count). The molecule has 110 valence electrons. The molecule has 0 aromatic heterocycles. The standard InChI is InChI=1S/C14H18BrFN2O2/c15-13-4-3-10(16)8-12(13)14(20)18(6-7-19)9-11-2-1-5-17-11/h3-4,8,11,17,19H,1-2,5-7,9H2. The van der Waals surface area contributed by atoms with Gasteiger partial charge in [-0.15, -0.1) is 0 Å². The molecule has 1 aromatic rings. The highest BCUT2D eigenvalue weighted by molar-refractivity contribution is 9.10. The van der Waals surface area contributed by atoms with Gasteiger partial charge in [0.2, 0.25) is 0 Å². The Morgan fingerprint density at radius 2 is 2.35 bits per heavy atom. The molecule has 0 radical (unpaired) electrons. The van der Waals surface area contributed by atoms with Crippen molar-refractivity contribution in [1.29, 1.82) is 0 Å². The second kappa shape index (κ2) is 7.15. The van der Waals surface area contributed by atoms with Crippen molar-refractivity contribution in [2.75, 3.05) is 26.2 Å². The van der Waals surface area contributed by atoms with E-state index in [0.29, 0.717) is 11.0 Å². The van der Waals surface area contributed by atoms with Gasteiger partial charge >= 0.3 is 0 Å². The molecule has 1 saturated heterocycles. The van der Waals surface area contributed by atoms with Crippen LogP contribution in [-0.4, -0.2) is 48.2 Å². The zero-order valence-electron chi connectivity index (χ0n) is 11.1.